The molecule has 4 heteroatoms. The van der Waals surface area contributed by atoms with Gasteiger partial charge in [-0.05, 0) is 38.5 Å². The molecule has 0 aliphatic heterocycles. The number of aliphatic hydroxyl groups is 1. The van der Waals surface area contributed by atoms with Crippen LogP contribution < -0.4 is 0 Å². The molecule has 0 spiro atoms. The molecule has 0 heterocycles. The van der Waals surface area contributed by atoms with Crippen LogP contribution in [0.5, 0.6) is 0 Å². The Balaban J connectivity index is 2.50. The van der Waals surface area contributed by atoms with E-state index in [2.05, 4.69) is 11.7 Å². The first kappa shape index (κ1) is 14.4. The van der Waals surface area contributed by atoms with Gasteiger partial charge in [0.15, 0.2) is 6.10 Å². The molecule has 1 rings (SSSR count). The number of carbonyl (C=O) groups excluding carboxylic acids is 1. The number of carbonyl (C=O) groups is 1. The van der Waals surface area contributed by atoms with E-state index in [-0.39, 0.29) is 19.4 Å². The molecular weight excluding hydrogens is 223 g/mol. The lowest BCUT2D eigenvalue weighted by atomic mass is 9.76. The first-order valence-corrected chi connectivity index (χ1v) is 6.57. The van der Waals surface area contributed by atoms with E-state index in [0.29, 0.717) is 5.92 Å². The Labute approximate surface area is 102 Å². The summed E-state index contributed by atoms with van der Waals surface area (Å²) < 4.78 is 19.1. The van der Waals surface area contributed by atoms with Gasteiger partial charge in [-0.1, -0.05) is 19.8 Å². The van der Waals surface area contributed by atoms with Crippen molar-refractivity contribution in [2.45, 2.75) is 64.1 Å². The highest BCUT2D eigenvalue weighted by molar-refractivity contribution is 5.76. The van der Waals surface area contributed by atoms with Gasteiger partial charge in [-0.2, -0.15) is 0 Å². The van der Waals surface area contributed by atoms with Gasteiger partial charge in [0.2, 0.25) is 0 Å². The Kier molecular flexibility index (Phi) is 5.37. The molecule has 0 bridgehead atoms. The third-order valence-corrected chi connectivity index (χ3v) is 3.63. The van der Waals surface area contributed by atoms with Gasteiger partial charge in [-0.25, -0.2) is 9.18 Å². The third kappa shape index (κ3) is 3.66. The summed E-state index contributed by atoms with van der Waals surface area (Å²) in [6, 6.07) is 0. The van der Waals surface area contributed by atoms with Crippen LogP contribution in [-0.2, 0) is 9.53 Å². The zero-order chi connectivity index (χ0) is 12.9. The molecule has 0 saturated heterocycles. The van der Waals surface area contributed by atoms with Gasteiger partial charge in [-0.15, -0.1) is 0 Å². The fourth-order valence-corrected chi connectivity index (χ4v) is 2.56. The molecule has 0 aromatic heterocycles. The number of hydrogen-bond donors (Lipinski definition) is 1. The first-order chi connectivity index (χ1) is 8.03. The maximum Gasteiger partial charge on any atom is 0.338 e. The van der Waals surface area contributed by atoms with Gasteiger partial charge in [0, 0.05) is 0 Å². The van der Waals surface area contributed by atoms with Crippen LogP contribution in [0.2, 0.25) is 0 Å². The van der Waals surface area contributed by atoms with Crippen LogP contribution in [0.15, 0.2) is 0 Å². The number of esters is 1. The lowest BCUT2D eigenvalue weighted by molar-refractivity contribution is -0.165. The molecule has 1 unspecified atom stereocenters. The van der Waals surface area contributed by atoms with Crippen molar-refractivity contribution in [1.82, 2.24) is 0 Å². The molecule has 0 amide bonds. The SMILES string of the molecule is CCCC1CCC(F)(C(O)C(=O)OCC)CC1. The summed E-state index contributed by atoms with van der Waals surface area (Å²) in [4.78, 5) is 11.3. The van der Waals surface area contributed by atoms with Crippen LogP contribution in [0.25, 0.3) is 0 Å². The fraction of sp³-hybridized carbons (Fsp3) is 0.923. The Morgan fingerprint density at radius 2 is 2.06 bits per heavy atom. The maximum absolute atomic E-state index is 14.4. The van der Waals surface area contributed by atoms with E-state index in [1.165, 1.54) is 0 Å². The molecule has 1 N–H and O–H groups in total. The van der Waals surface area contributed by atoms with Crippen molar-refractivity contribution in [3.63, 3.8) is 0 Å². The minimum absolute atomic E-state index is 0.171. The molecule has 1 fully saturated rings. The largest absolute Gasteiger partial charge is 0.464 e. The van der Waals surface area contributed by atoms with E-state index in [1.54, 1.807) is 6.92 Å². The average molecular weight is 246 g/mol. The van der Waals surface area contributed by atoms with E-state index in [4.69, 9.17) is 0 Å². The van der Waals surface area contributed by atoms with Gasteiger partial charge in [0.05, 0.1) is 6.61 Å². The Bertz CT molecular complexity index is 247. The number of alkyl halides is 1. The van der Waals surface area contributed by atoms with Crippen LogP contribution >= 0.6 is 0 Å². The number of rotatable bonds is 5. The van der Waals surface area contributed by atoms with Crippen LogP contribution in [-0.4, -0.2) is 29.5 Å². The second-order valence-electron chi connectivity index (χ2n) is 4.92. The molecule has 0 aromatic carbocycles. The smallest absolute Gasteiger partial charge is 0.338 e. The lowest BCUT2D eigenvalue weighted by Crippen LogP contribution is -2.46. The van der Waals surface area contributed by atoms with Crippen molar-refractivity contribution in [2.24, 2.45) is 5.92 Å². The molecule has 1 saturated carbocycles. The predicted octanol–water partition coefficient (Wildman–Crippen LogP) is 2.61. The van der Waals surface area contributed by atoms with Gasteiger partial charge in [0.1, 0.15) is 5.67 Å². The average Bonchev–Trinajstić information content (AvgIpc) is 2.32. The van der Waals surface area contributed by atoms with Crippen molar-refractivity contribution in [1.29, 1.82) is 0 Å². The minimum atomic E-state index is -1.78. The molecular formula is C13H23FO3. The topological polar surface area (TPSA) is 46.5 Å². The Morgan fingerprint density at radius 1 is 1.47 bits per heavy atom. The molecule has 1 aliphatic carbocycles. The van der Waals surface area contributed by atoms with Gasteiger partial charge < -0.3 is 9.84 Å². The molecule has 0 radical (unpaired) electrons. The number of halogens is 1. The summed E-state index contributed by atoms with van der Waals surface area (Å²) in [5.41, 5.74) is -1.78. The summed E-state index contributed by atoms with van der Waals surface area (Å²) in [5.74, 6) is -0.290. The van der Waals surface area contributed by atoms with Gasteiger partial charge in [-0.3, -0.25) is 0 Å². The molecule has 3 nitrogen and oxygen atoms in total. The van der Waals surface area contributed by atoms with Crippen molar-refractivity contribution >= 4 is 5.97 Å². The zero-order valence-electron chi connectivity index (χ0n) is 10.7. The number of hydrogen-bond acceptors (Lipinski definition) is 3. The van der Waals surface area contributed by atoms with Gasteiger partial charge >= 0.3 is 5.97 Å². The van der Waals surface area contributed by atoms with E-state index in [9.17, 15) is 14.3 Å². The highest BCUT2D eigenvalue weighted by Gasteiger charge is 2.45. The van der Waals surface area contributed by atoms with Crippen molar-refractivity contribution in [2.75, 3.05) is 6.61 Å². The summed E-state index contributed by atoms with van der Waals surface area (Å²) in [5, 5.41) is 9.70. The predicted molar refractivity (Wildman–Crippen MR) is 63.3 cm³/mol. The normalized spacial score (nSPS) is 30.9. The highest BCUT2D eigenvalue weighted by atomic mass is 19.1. The Hall–Kier alpha value is -0.640. The minimum Gasteiger partial charge on any atom is -0.464 e. The summed E-state index contributed by atoms with van der Waals surface area (Å²) in [6.45, 7) is 3.93. The summed E-state index contributed by atoms with van der Waals surface area (Å²) >= 11 is 0. The fourth-order valence-electron chi connectivity index (χ4n) is 2.56. The van der Waals surface area contributed by atoms with Crippen LogP contribution in [0, 0.1) is 5.92 Å². The Morgan fingerprint density at radius 3 is 2.53 bits per heavy atom. The molecule has 100 valence electrons. The van der Waals surface area contributed by atoms with Crippen LogP contribution in [0.4, 0.5) is 4.39 Å². The van der Waals surface area contributed by atoms with E-state index in [1.807, 2.05) is 0 Å². The van der Waals surface area contributed by atoms with E-state index >= 15 is 0 Å². The standard InChI is InChI=1S/C13H23FO3/c1-3-5-10-6-8-13(14,9-7-10)11(15)12(16)17-4-2/h10-11,15H,3-9H2,1-2H3. The molecule has 1 atom stereocenters. The van der Waals surface area contributed by atoms with E-state index < -0.39 is 17.7 Å². The van der Waals surface area contributed by atoms with Crippen LogP contribution in [0.1, 0.15) is 52.4 Å². The molecule has 0 aromatic rings. The number of ether oxygens (including phenoxy) is 1. The molecule has 17 heavy (non-hydrogen) atoms. The maximum atomic E-state index is 14.4. The van der Waals surface area contributed by atoms with Crippen molar-refractivity contribution in [3.8, 4) is 0 Å². The zero-order valence-corrected chi connectivity index (χ0v) is 10.7. The van der Waals surface area contributed by atoms with Crippen LogP contribution in [0.3, 0.4) is 0 Å². The lowest BCUT2D eigenvalue weighted by Gasteiger charge is -2.36. The summed E-state index contributed by atoms with van der Waals surface area (Å²) in [6.07, 6.45) is 2.61. The third-order valence-electron chi connectivity index (χ3n) is 3.63. The quantitative estimate of drug-likeness (QED) is 0.758. The van der Waals surface area contributed by atoms with Crippen molar-refractivity contribution in [3.05, 3.63) is 0 Å². The second kappa shape index (κ2) is 6.34. The second-order valence-corrected chi connectivity index (χ2v) is 4.92. The molecule has 1 aliphatic rings. The summed E-state index contributed by atoms with van der Waals surface area (Å²) in [7, 11) is 0. The first-order valence-electron chi connectivity index (χ1n) is 6.57. The number of aliphatic hydroxyl groups excluding tert-OH is 1. The monoisotopic (exact) mass is 246 g/mol. The van der Waals surface area contributed by atoms with Crippen molar-refractivity contribution < 1.29 is 19.0 Å². The highest BCUT2D eigenvalue weighted by Crippen LogP contribution is 2.39. The van der Waals surface area contributed by atoms with Gasteiger partial charge in [0.25, 0.3) is 0 Å². The van der Waals surface area contributed by atoms with E-state index in [0.717, 1.165) is 25.7 Å².